The van der Waals surface area contributed by atoms with Gasteiger partial charge in [0, 0.05) is 36.8 Å². The van der Waals surface area contributed by atoms with E-state index in [1.807, 2.05) is 24.3 Å². The number of terminal acetylenes is 1. The van der Waals surface area contributed by atoms with E-state index in [-0.39, 0.29) is 12.8 Å². The van der Waals surface area contributed by atoms with E-state index in [0.29, 0.717) is 40.9 Å². The maximum atomic E-state index is 9.27. The third-order valence-corrected chi connectivity index (χ3v) is 8.96. The summed E-state index contributed by atoms with van der Waals surface area (Å²) in [5.74, 6) is 14.8. The molecule has 5 aromatic rings. The van der Waals surface area contributed by atoms with Crippen LogP contribution in [0.3, 0.4) is 0 Å². The molecule has 262 valence electrons. The van der Waals surface area contributed by atoms with Crippen LogP contribution in [0.25, 0.3) is 9.69 Å². The zero-order valence-electron chi connectivity index (χ0n) is 29.5. The average molecular weight is 848 g/mol. The predicted octanol–water partition coefficient (Wildman–Crippen LogP) is 10.6. The molecule has 0 N–H and O–H groups in total. The third-order valence-electron chi connectivity index (χ3n) is 7.48. The minimum absolute atomic E-state index is 0.165. The minimum atomic E-state index is 0.165. The normalized spacial score (nSPS) is 8.75. The van der Waals surface area contributed by atoms with Gasteiger partial charge >= 0.3 is 0 Å². The molecule has 0 saturated heterocycles. The standard InChI is InChI=1S/C28H14N4.C10H6Br2N2.C9H5N/c1-32-28-12-8-22(9-13-28)7-11-25-19-26(14-16-29)24(18-27(25)15-17-30)10-6-21-2-4-23(20-31)5-3-21;11-9-6-10(12)8(2-4-14)5-7(9)1-3-13;1-3-8-4-6-9(10-2)7-5-8/h2-5,8-9,12-13,18-19H,14-15H2;5-6H,1-2H2;1,4-7H. The molecule has 0 aliphatic carbocycles. The van der Waals surface area contributed by atoms with Gasteiger partial charge in [-0.3, -0.25) is 0 Å². The Morgan fingerprint density at radius 1 is 0.464 bits per heavy atom. The van der Waals surface area contributed by atoms with Gasteiger partial charge in [0.2, 0.25) is 0 Å². The second kappa shape index (κ2) is 23.0. The lowest BCUT2D eigenvalue weighted by Crippen LogP contribution is -1.97. The zero-order valence-corrected chi connectivity index (χ0v) is 32.7. The van der Waals surface area contributed by atoms with Crippen LogP contribution in [-0.2, 0) is 25.7 Å². The Bertz CT molecular complexity index is 2500. The van der Waals surface area contributed by atoms with Crippen molar-refractivity contribution >= 4 is 43.2 Å². The smallest absolute Gasteiger partial charge is 0.187 e. The first-order valence-corrected chi connectivity index (χ1v) is 17.9. The van der Waals surface area contributed by atoms with E-state index < -0.39 is 0 Å². The van der Waals surface area contributed by atoms with Crippen LogP contribution >= 0.6 is 31.9 Å². The fourth-order valence-electron chi connectivity index (χ4n) is 4.63. The number of nitrogens with zero attached hydrogens (tertiary/aromatic N) is 7. The highest BCUT2D eigenvalue weighted by Crippen LogP contribution is 2.27. The topological polar surface area (TPSA) is 128 Å². The van der Waals surface area contributed by atoms with Crippen molar-refractivity contribution in [1.29, 1.82) is 26.3 Å². The summed E-state index contributed by atoms with van der Waals surface area (Å²) in [5, 5.41) is 44.6. The first kappa shape index (κ1) is 42.6. The van der Waals surface area contributed by atoms with Crippen molar-refractivity contribution in [1.82, 2.24) is 0 Å². The number of hydrogen-bond donors (Lipinski definition) is 0. The van der Waals surface area contributed by atoms with E-state index in [1.165, 1.54) is 0 Å². The number of rotatable bonds is 4. The maximum Gasteiger partial charge on any atom is 0.187 e. The molecule has 0 fully saturated rings. The highest BCUT2D eigenvalue weighted by atomic mass is 79.9. The van der Waals surface area contributed by atoms with Crippen molar-refractivity contribution < 1.29 is 0 Å². The molecule has 7 nitrogen and oxygen atoms in total. The van der Waals surface area contributed by atoms with Crippen LogP contribution in [0.5, 0.6) is 0 Å². The number of benzene rings is 5. The molecule has 9 heteroatoms. The number of halogens is 2. The Balaban J connectivity index is 0.000000285. The second-order valence-electron chi connectivity index (χ2n) is 11.2. The molecule has 0 aromatic heterocycles. The van der Waals surface area contributed by atoms with Crippen LogP contribution in [0.4, 0.5) is 11.4 Å². The molecule has 0 saturated carbocycles. The van der Waals surface area contributed by atoms with Gasteiger partial charge in [-0.2, -0.15) is 26.3 Å². The van der Waals surface area contributed by atoms with Crippen LogP contribution < -0.4 is 0 Å². The summed E-state index contributed by atoms with van der Waals surface area (Å²) in [5.41, 5.74) is 8.71. The lowest BCUT2D eigenvalue weighted by molar-refractivity contribution is 1.18. The van der Waals surface area contributed by atoms with Gasteiger partial charge < -0.3 is 0 Å². The van der Waals surface area contributed by atoms with Gasteiger partial charge in [0.05, 0.1) is 74.7 Å². The first-order chi connectivity index (χ1) is 27.2. The van der Waals surface area contributed by atoms with E-state index in [4.69, 9.17) is 35.4 Å². The minimum Gasteiger partial charge on any atom is -0.238 e. The fourth-order valence-corrected chi connectivity index (χ4v) is 5.90. The Labute approximate surface area is 344 Å². The molecule has 5 aromatic carbocycles. The largest absolute Gasteiger partial charge is 0.238 e. The molecule has 56 heavy (non-hydrogen) atoms. The van der Waals surface area contributed by atoms with Gasteiger partial charge in [0.15, 0.2) is 11.4 Å². The average Bonchev–Trinajstić information content (AvgIpc) is 3.23. The fraction of sp³-hybridized carbons (Fsp3) is 0.0851. The molecular weight excluding hydrogens is 822 g/mol. The van der Waals surface area contributed by atoms with Crippen molar-refractivity contribution in [3.05, 3.63) is 184 Å². The molecule has 0 unspecified atom stereocenters. The summed E-state index contributed by atoms with van der Waals surface area (Å²) in [6.45, 7) is 13.7. The van der Waals surface area contributed by atoms with Crippen molar-refractivity contribution in [3.63, 3.8) is 0 Å². The Morgan fingerprint density at radius 2 is 0.821 bits per heavy atom. The van der Waals surface area contributed by atoms with Gasteiger partial charge in [-0.25, -0.2) is 9.69 Å². The van der Waals surface area contributed by atoms with Gasteiger partial charge in [0.25, 0.3) is 0 Å². The Hall–Kier alpha value is -7.83. The monoisotopic (exact) mass is 845 g/mol. The molecule has 0 radical (unpaired) electrons. The number of nitriles is 5. The van der Waals surface area contributed by atoms with Gasteiger partial charge in [-0.1, -0.05) is 116 Å². The van der Waals surface area contributed by atoms with Crippen molar-refractivity contribution in [3.8, 4) is 66.4 Å². The van der Waals surface area contributed by atoms with Gasteiger partial charge in [-0.15, -0.1) is 6.42 Å². The lowest BCUT2D eigenvalue weighted by Gasteiger charge is -2.07. The quantitative estimate of drug-likeness (QED) is 0.131. The molecule has 0 spiro atoms. The summed E-state index contributed by atoms with van der Waals surface area (Å²) in [4.78, 5) is 6.59. The summed E-state index contributed by atoms with van der Waals surface area (Å²) in [6.07, 6.45) is 6.15. The third kappa shape index (κ3) is 13.3. The van der Waals surface area contributed by atoms with Crippen molar-refractivity contribution in [2.45, 2.75) is 25.7 Å². The SMILES string of the molecule is N#CCc1cc(CC#N)c(Br)cc1Br.[C-]#[N+]c1ccc(C#C)cc1.[C-]#[N+]c1ccc(C#Cc2cc(CC#N)c(C#Cc3ccc(C#N)cc3)cc2CC#N)cc1. The van der Waals surface area contributed by atoms with Crippen LogP contribution in [-0.4, -0.2) is 0 Å². The van der Waals surface area contributed by atoms with Crippen LogP contribution in [0.15, 0.2) is 106 Å². The van der Waals surface area contributed by atoms with E-state index in [0.717, 1.165) is 47.9 Å². The van der Waals surface area contributed by atoms with E-state index in [9.17, 15) is 10.5 Å². The molecule has 0 amide bonds. The predicted molar refractivity (Wildman–Crippen MR) is 222 cm³/mol. The molecule has 0 aliphatic heterocycles. The molecule has 0 heterocycles. The molecular formula is C47H25Br2N7. The lowest BCUT2D eigenvalue weighted by atomic mass is 9.95. The summed E-state index contributed by atoms with van der Waals surface area (Å²) >= 11 is 6.74. The molecule has 5 rings (SSSR count). The van der Waals surface area contributed by atoms with Gasteiger partial charge in [-0.05, 0) is 64.7 Å². The summed E-state index contributed by atoms with van der Waals surface area (Å²) in [6, 6.07) is 38.8. The molecule has 0 atom stereocenters. The Kier molecular flexibility index (Phi) is 17.5. The first-order valence-electron chi connectivity index (χ1n) is 16.3. The summed E-state index contributed by atoms with van der Waals surface area (Å²) < 4.78 is 1.79. The van der Waals surface area contributed by atoms with E-state index in [1.54, 1.807) is 72.8 Å². The van der Waals surface area contributed by atoms with E-state index in [2.05, 4.69) is 101 Å². The van der Waals surface area contributed by atoms with E-state index >= 15 is 0 Å². The van der Waals surface area contributed by atoms with Crippen LogP contribution in [0.1, 0.15) is 55.6 Å². The summed E-state index contributed by atoms with van der Waals surface area (Å²) in [7, 11) is 0. The zero-order chi connectivity index (χ0) is 40.7. The highest BCUT2D eigenvalue weighted by Gasteiger charge is 2.09. The molecule has 0 bridgehead atoms. The van der Waals surface area contributed by atoms with Crippen molar-refractivity contribution in [2.75, 3.05) is 0 Å². The van der Waals surface area contributed by atoms with Crippen LogP contribution in [0, 0.1) is 106 Å². The molecule has 0 aliphatic rings. The highest BCUT2D eigenvalue weighted by molar-refractivity contribution is 9.11. The maximum absolute atomic E-state index is 9.27. The number of hydrogen-bond acceptors (Lipinski definition) is 5. The van der Waals surface area contributed by atoms with Crippen molar-refractivity contribution in [2.24, 2.45) is 0 Å². The second-order valence-corrected chi connectivity index (χ2v) is 12.9. The Morgan fingerprint density at radius 3 is 1.18 bits per heavy atom. The van der Waals surface area contributed by atoms with Gasteiger partial charge in [0.1, 0.15) is 0 Å². The van der Waals surface area contributed by atoms with Crippen LogP contribution in [0.2, 0.25) is 0 Å².